The minimum absolute atomic E-state index is 0.0824. The lowest BCUT2D eigenvalue weighted by atomic mass is 9.89. The van der Waals surface area contributed by atoms with E-state index in [0.29, 0.717) is 38.0 Å². The molecule has 2 aromatic heterocycles. The molecule has 2 aliphatic heterocycles. The van der Waals surface area contributed by atoms with Crippen LogP contribution in [0.25, 0.3) is 22.3 Å². The van der Waals surface area contributed by atoms with Gasteiger partial charge in [-0.2, -0.15) is 0 Å². The van der Waals surface area contributed by atoms with Gasteiger partial charge in [-0.25, -0.2) is 22.7 Å². The number of morpholine rings is 1. The van der Waals surface area contributed by atoms with Crippen molar-refractivity contribution >= 4 is 26.9 Å². The van der Waals surface area contributed by atoms with E-state index < -0.39 is 10.0 Å². The van der Waals surface area contributed by atoms with Gasteiger partial charge in [0.25, 0.3) is 0 Å². The molecule has 5 rings (SSSR count). The number of ether oxygens (including phenoxy) is 1. The van der Waals surface area contributed by atoms with Crippen LogP contribution in [0.15, 0.2) is 42.7 Å². The van der Waals surface area contributed by atoms with Gasteiger partial charge in [-0.3, -0.25) is 4.98 Å². The number of anilines is 1. The van der Waals surface area contributed by atoms with Gasteiger partial charge in [-0.05, 0) is 37.3 Å². The highest BCUT2D eigenvalue weighted by molar-refractivity contribution is 7.89. The quantitative estimate of drug-likeness (QED) is 0.514. The molecule has 2 saturated heterocycles. The molecule has 0 unspecified atom stereocenters. The van der Waals surface area contributed by atoms with Gasteiger partial charge in [0.15, 0.2) is 5.82 Å². The summed E-state index contributed by atoms with van der Waals surface area (Å²) in [5.41, 5.74) is 4.61. The molecule has 0 bridgehead atoms. The van der Waals surface area contributed by atoms with Crippen molar-refractivity contribution in [2.75, 3.05) is 50.4 Å². The maximum absolute atomic E-state index is 12.2. The third kappa shape index (κ3) is 5.45. The monoisotopic (exact) mass is 496 g/mol. The van der Waals surface area contributed by atoms with E-state index in [1.807, 2.05) is 6.07 Å². The Hall–Kier alpha value is -2.66. The molecule has 186 valence electrons. The lowest BCUT2D eigenvalue weighted by Crippen LogP contribution is -2.42. The predicted molar refractivity (Wildman–Crippen MR) is 137 cm³/mol. The molecule has 1 aromatic carbocycles. The third-order valence-electron chi connectivity index (χ3n) is 6.85. The van der Waals surface area contributed by atoms with Crippen LogP contribution in [0.5, 0.6) is 0 Å². The highest BCUT2D eigenvalue weighted by atomic mass is 32.2. The van der Waals surface area contributed by atoms with Gasteiger partial charge in [-0.1, -0.05) is 24.3 Å². The number of hydrogen-bond donors (Lipinski definition) is 2. The van der Waals surface area contributed by atoms with E-state index in [9.17, 15) is 8.42 Å². The minimum Gasteiger partial charge on any atom is -0.374 e. The Balaban J connectivity index is 1.33. The molecule has 2 N–H and O–H groups in total. The molecule has 4 heterocycles. The summed E-state index contributed by atoms with van der Waals surface area (Å²) in [4.78, 5) is 13.9. The summed E-state index contributed by atoms with van der Waals surface area (Å²) in [5, 5.41) is 6.76. The highest BCUT2D eigenvalue weighted by Gasteiger charge is 2.27. The molecule has 2 aliphatic rings. The molecule has 0 saturated carbocycles. The first kappa shape index (κ1) is 24.1. The SMILES string of the molecule is CCS(=O)(=O)N1CCC(c2ccc(-c3cc4nccnc4c(NC[C@@H]4CNCCO4)n3)cc2)CC1. The van der Waals surface area contributed by atoms with Crippen molar-refractivity contribution in [3.63, 3.8) is 0 Å². The molecule has 3 aromatic rings. The molecule has 0 amide bonds. The fraction of sp³-hybridized carbons (Fsp3) is 0.480. The average molecular weight is 497 g/mol. The zero-order valence-electron chi connectivity index (χ0n) is 20.0. The zero-order chi connectivity index (χ0) is 24.3. The maximum atomic E-state index is 12.2. The van der Waals surface area contributed by atoms with Crippen molar-refractivity contribution in [3.05, 3.63) is 48.3 Å². The van der Waals surface area contributed by atoms with Crippen LogP contribution in [0, 0.1) is 0 Å². The van der Waals surface area contributed by atoms with Gasteiger partial charge in [0.05, 0.1) is 29.7 Å². The lowest BCUT2D eigenvalue weighted by Gasteiger charge is -2.31. The van der Waals surface area contributed by atoms with Crippen LogP contribution in [0.1, 0.15) is 31.2 Å². The number of hydrogen-bond acceptors (Lipinski definition) is 8. The number of nitrogens with one attached hydrogen (secondary N) is 2. The summed E-state index contributed by atoms with van der Waals surface area (Å²) >= 11 is 0. The van der Waals surface area contributed by atoms with Crippen LogP contribution in [-0.4, -0.2) is 78.9 Å². The largest absolute Gasteiger partial charge is 0.374 e. The highest BCUT2D eigenvalue weighted by Crippen LogP contribution is 2.31. The van der Waals surface area contributed by atoms with Crippen LogP contribution in [0.2, 0.25) is 0 Å². The van der Waals surface area contributed by atoms with Crippen LogP contribution >= 0.6 is 0 Å². The smallest absolute Gasteiger partial charge is 0.213 e. The van der Waals surface area contributed by atoms with Gasteiger partial charge >= 0.3 is 0 Å². The second-order valence-corrected chi connectivity index (χ2v) is 11.3. The lowest BCUT2D eigenvalue weighted by molar-refractivity contribution is 0.0372. The third-order valence-corrected chi connectivity index (χ3v) is 8.73. The fourth-order valence-electron chi connectivity index (χ4n) is 4.78. The van der Waals surface area contributed by atoms with Crippen molar-refractivity contribution in [1.29, 1.82) is 0 Å². The van der Waals surface area contributed by atoms with Gasteiger partial charge in [0, 0.05) is 50.7 Å². The molecule has 2 fully saturated rings. The number of benzene rings is 1. The predicted octanol–water partition coefficient (Wildman–Crippen LogP) is 2.62. The fourth-order valence-corrected chi connectivity index (χ4v) is 5.91. The molecule has 0 radical (unpaired) electrons. The van der Waals surface area contributed by atoms with Gasteiger partial charge < -0.3 is 15.4 Å². The minimum atomic E-state index is -3.11. The van der Waals surface area contributed by atoms with Crippen LogP contribution in [0.3, 0.4) is 0 Å². The molecule has 0 aliphatic carbocycles. The second-order valence-electron chi connectivity index (χ2n) is 9.05. The maximum Gasteiger partial charge on any atom is 0.213 e. The van der Waals surface area contributed by atoms with Crippen LogP contribution < -0.4 is 10.6 Å². The first-order valence-electron chi connectivity index (χ1n) is 12.3. The van der Waals surface area contributed by atoms with Gasteiger partial charge in [0.2, 0.25) is 10.0 Å². The topological polar surface area (TPSA) is 109 Å². The molecule has 1 atom stereocenters. The van der Waals surface area contributed by atoms with Gasteiger partial charge in [0.1, 0.15) is 5.52 Å². The van der Waals surface area contributed by atoms with Crippen LogP contribution in [0.4, 0.5) is 5.82 Å². The summed E-state index contributed by atoms with van der Waals surface area (Å²) in [6, 6.07) is 10.4. The van der Waals surface area contributed by atoms with Crippen LogP contribution in [-0.2, 0) is 14.8 Å². The van der Waals surface area contributed by atoms with E-state index in [4.69, 9.17) is 9.72 Å². The van der Waals surface area contributed by atoms with Crippen molar-refractivity contribution in [1.82, 2.24) is 24.6 Å². The van der Waals surface area contributed by atoms with Crippen molar-refractivity contribution in [3.8, 4) is 11.3 Å². The summed E-state index contributed by atoms with van der Waals surface area (Å²) in [5.74, 6) is 1.23. The zero-order valence-corrected chi connectivity index (χ0v) is 20.8. The summed E-state index contributed by atoms with van der Waals surface area (Å²) in [6.45, 7) is 5.91. The van der Waals surface area contributed by atoms with E-state index in [1.54, 1.807) is 23.6 Å². The molecule has 35 heavy (non-hydrogen) atoms. The Morgan fingerprint density at radius 2 is 1.91 bits per heavy atom. The first-order chi connectivity index (χ1) is 17.0. The van der Waals surface area contributed by atoms with E-state index in [0.717, 1.165) is 48.2 Å². The number of fused-ring (bicyclic) bond motifs is 1. The normalized spacial score (nSPS) is 20.2. The molecule has 9 nitrogen and oxygen atoms in total. The Kier molecular flexibility index (Phi) is 7.24. The number of piperidine rings is 1. The van der Waals surface area contributed by atoms with Crippen molar-refractivity contribution in [2.45, 2.75) is 31.8 Å². The standard InChI is InChI=1S/C25H32N6O3S/c1-2-35(32,33)31-12-7-19(8-13-31)18-3-5-20(6-4-18)22-15-23-24(28-10-9-27-23)25(30-22)29-17-21-16-26-11-14-34-21/h3-6,9-10,15,19,21,26H,2,7-8,11-14,16-17H2,1H3,(H,29,30)/t21-/m0/s1. The Morgan fingerprint density at radius 3 is 2.63 bits per heavy atom. The number of rotatable bonds is 7. The first-order valence-corrected chi connectivity index (χ1v) is 13.9. The number of nitrogens with zero attached hydrogens (tertiary/aromatic N) is 4. The average Bonchev–Trinajstić information content (AvgIpc) is 2.92. The van der Waals surface area contributed by atoms with E-state index >= 15 is 0 Å². The van der Waals surface area contributed by atoms with Crippen molar-refractivity contribution < 1.29 is 13.2 Å². The number of pyridine rings is 1. The van der Waals surface area contributed by atoms with E-state index in [2.05, 4.69) is 44.9 Å². The van der Waals surface area contributed by atoms with E-state index in [1.165, 1.54) is 5.56 Å². The van der Waals surface area contributed by atoms with Gasteiger partial charge in [-0.15, -0.1) is 0 Å². The Morgan fingerprint density at radius 1 is 1.14 bits per heavy atom. The second kappa shape index (κ2) is 10.5. The van der Waals surface area contributed by atoms with Crippen molar-refractivity contribution in [2.24, 2.45) is 0 Å². The summed E-state index contributed by atoms with van der Waals surface area (Å²) in [6.07, 6.45) is 5.14. The molecule has 0 spiro atoms. The molecular formula is C25H32N6O3S. The molecular weight excluding hydrogens is 464 g/mol. The number of sulfonamides is 1. The van der Waals surface area contributed by atoms with E-state index in [-0.39, 0.29) is 11.9 Å². The Bertz CT molecular complexity index is 1250. The molecule has 10 heteroatoms. The summed E-state index contributed by atoms with van der Waals surface area (Å²) < 4.78 is 31.7. The summed E-state index contributed by atoms with van der Waals surface area (Å²) in [7, 11) is -3.11. The Labute approximate surface area is 206 Å². The number of aromatic nitrogens is 3.